The summed E-state index contributed by atoms with van der Waals surface area (Å²) in [6.45, 7) is 6.45. The van der Waals surface area contributed by atoms with Crippen LogP contribution in [0.5, 0.6) is 0 Å². The minimum atomic E-state index is 0.0213. The number of nitrogens with zero attached hydrogens (tertiary/aromatic N) is 2. The lowest BCUT2D eigenvalue weighted by Crippen LogP contribution is -2.23. The van der Waals surface area contributed by atoms with Crippen molar-refractivity contribution in [3.05, 3.63) is 46.8 Å². The fourth-order valence-corrected chi connectivity index (χ4v) is 2.86. The molecule has 0 saturated carbocycles. The normalized spacial score (nSPS) is 10.6. The quantitative estimate of drug-likeness (QED) is 0.763. The van der Waals surface area contributed by atoms with E-state index < -0.39 is 0 Å². The van der Waals surface area contributed by atoms with Crippen LogP contribution in [0.1, 0.15) is 48.7 Å². The fourth-order valence-electron chi connectivity index (χ4n) is 2.86. The lowest BCUT2D eigenvalue weighted by molar-refractivity contribution is -0.121. The Labute approximate surface area is 155 Å². The molecule has 2 rings (SSSR count). The molecule has 0 radical (unpaired) electrons. The fraction of sp³-hybridized carbons (Fsp3) is 0.450. The maximum absolute atomic E-state index is 12.1. The van der Waals surface area contributed by atoms with Gasteiger partial charge in [-0.2, -0.15) is 5.10 Å². The lowest BCUT2D eigenvalue weighted by Gasteiger charge is -2.08. The molecule has 0 aliphatic rings. The predicted molar refractivity (Wildman–Crippen MR) is 103 cm³/mol. The van der Waals surface area contributed by atoms with E-state index in [2.05, 4.69) is 15.7 Å². The molecule has 0 bridgehead atoms. The molecule has 6 nitrogen and oxygen atoms in total. The predicted octanol–water partition coefficient (Wildman–Crippen LogP) is 3.02. The van der Waals surface area contributed by atoms with Crippen molar-refractivity contribution in [2.24, 2.45) is 7.05 Å². The topological polar surface area (TPSA) is 76.0 Å². The van der Waals surface area contributed by atoms with Gasteiger partial charge in [-0.25, -0.2) is 0 Å². The number of hydrogen-bond acceptors (Lipinski definition) is 3. The number of nitrogens with one attached hydrogen (secondary N) is 2. The third-order valence-corrected chi connectivity index (χ3v) is 4.47. The van der Waals surface area contributed by atoms with Crippen LogP contribution < -0.4 is 10.6 Å². The first-order valence-electron chi connectivity index (χ1n) is 9.05. The number of carbonyl (C=O) groups excluding carboxylic acids is 2. The monoisotopic (exact) mass is 356 g/mol. The summed E-state index contributed by atoms with van der Waals surface area (Å²) in [5, 5.41) is 10.2. The Hall–Kier alpha value is -2.63. The van der Waals surface area contributed by atoms with Gasteiger partial charge in [0, 0.05) is 37.8 Å². The van der Waals surface area contributed by atoms with Crippen LogP contribution in [-0.2, 0) is 29.6 Å². The van der Waals surface area contributed by atoms with E-state index in [0.29, 0.717) is 25.8 Å². The Bertz CT molecular complexity index is 763. The second-order valence-electron chi connectivity index (χ2n) is 6.54. The molecular formula is C20H28N4O2. The SMILES string of the molecule is CCCC(=O)Nc1ccc(CNC(=O)CCc2c(C)nn(C)c2C)cc1. The maximum Gasteiger partial charge on any atom is 0.224 e. The Morgan fingerprint density at radius 1 is 1.08 bits per heavy atom. The molecule has 140 valence electrons. The van der Waals surface area contributed by atoms with Crippen LogP contribution in [0, 0.1) is 13.8 Å². The molecule has 26 heavy (non-hydrogen) atoms. The minimum absolute atomic E-state index is 0.0213. The first-order chi connectivity index (χ1) is 12.4. The Morgan fingerprint density at radius 2 is 1.77 bits per heavy atom. The third-order valence-electron chi connectivity index (χ3n) is 4.47. The molecular weight excluding hydrogens is 328 g/mol. The zero-order valence-electron chi connectivity index (χ0n) is 16.1. The molecule has 1 aromatic heterocycles. The van der Waals surface area contributed by atoms with Crippen molar-refractivity contribution in [3.8, 4) is 0 Å². The van der Waals surface area contributed by atoms with Gasteiger partial charge in [-0.15, -0.1) is 0 Å². The molecule has 0 atom stereocenters. The summed E-state index contributed by atoms with van der Waals surface area (Å²) in [6, 6.07) is 7.54. The van der Waals surface area contributed by atoms with Crippen LogP contribution >= 0.6 is 0 Å². The number of amides is 2. The van der Waals surface area contributed by atoms with E-state index in [4.69, 9.17) is 0 Å². The molecule has 2 aromatic rings. The van der Waals surface area contributed by atoms with Gasteiger partial charge in [-0.05, 0) is 49.9 Å². The number of hydrogen-bond donors (Lipinski definition) is 2. The number of aryl methyl sites for hydroxylation is 2. The lowest BCUT2D eigenvalue weighted by atomic mass is 10.1. The van der Waals surface area contributed by atoms with Gasteiger partial charge in [0.05, 0.1) is 5.69 Å². The second-order valence-corrected chi connectivity index (χ2v) is 6.54. The standard InChI is InChI=1S/C20H28N4O2/c1-5-6-20(26)22-17-9-7-16(8-10-17)13-21-19(25)12-11-18-14(2)23-24(4)15(18)3/h7-10H,5-6,11-13H2,1-4H3,(H,21,25)(H,22,26). The van der Waals surface area contributed by atoms with Gasteiger partial charge in [-0.3, -0.25) is 14.3 Å². The van der Waals surface area contributed by atoms with Gasteiger partial charge in [0.1, 0.15) is 0 Å². The average Bonchev–Trinajstić information content (AvgIpc) is 2.85. The third kappa shape index (κ3) is 5.44. The summed E-state index contributed by atoms with van der Waals surface area (Å²) in [7, 11) is 1.92. The van der Waals surface area contributed by atoms with Crippen molar-refractivity contribution in [2.45, 2.75) is 53.0 Å². The molecule has 0 fully saturated rings. The maximum atomic E-state index is 12.1. The van der Waals surface area contributed by atoms with Gasteiger partial charge in [-0.1, -0.05) is 19.1 Å². The van der Waals surface area contributed by atoms with E-state index in [9.17, 15) is 9.59 Å². The van der Waals surface area contributed by atoms with E-state index in [1.165, 1.54) is 0 Å². The van der Waals surface area contributed by atoms with Crippen LogP contribution in [0.2, 0.25) is 0 Å². The zero-order chi connectivity index (χ0) is 19.1. The summed E-state index contributed by atoms with van der Waals surface area (Å²) in [5.41, 5.74) is 5.02. The largest absolute Gasteiger partial charge is 0.352 e. The van der Waals surface area contributed by atoms with Crippen LogP contribution in [0.4, 0.5) is 5.69 Å². The first kappa shape index (κ1) is 19.7. The number of anilines is 1. The number of rotatable bonds is 8. The van der Waals surface area contributed by atoms with Crippen LogP contribution in [-0.4, -0.2) is 21.6 Å². The highest BCUT2D eigenvalue weighted by atomic mass is 16.2. The average molecular weight is 356 g/mol. The molecule has 6 heteroatoms. The number of carbonyl (C=O) groups is 2. The molecule has 0 aliphatic heterocycles. The highest BCUT2D eigenvalue weighted by Crippen LogP contribution is 2.14. The highest BCUT2D eigenvalue weighted by molar-refractivity contribution is 5.90. The molecule has 0 saturated heterocycles. The minimum Gasteiger partial charge on any atom is -0.352 e. The van der Waals surface area contributed by atoms with Crippen molar-refractivity contribution in [2.75, 3.05) is 5.32 Å². The Kier molecular flexibility index (Phi) is 6.95. The molecule has 2 amide bonds. The van der Waals surface area contributed by atoms with Crippen LogP contribution in [0.3, 0.4) is 0 Å². The van der Waals surface area contributed by atoms with E-state index in [1.807, 2.05) is 56.8 Å². The van der Waals surface area contributed by atoms with Crippen molar-refractivity contribution in [1.82, 2.24) is 15.1 Å². The first-order valence-corrected chi connectivity index (χ1v) is 9.05. The van der Waals surface area contributed by atoms with Crippen LogP contribution in [0.15, 0.2) is 24.3 Å². The highest BCUT2D eigenvalue weighted by Gasteiger charge is 2.11. The summed E-state index contributed by atoms with van der Waals surface area (Å²) in [6.07, 6.45) is 2.49. The van der Waals surface area contributed by atoms with Gasteiger partial charge in [0.25, 0.3) is 0 Å². The van der Waals surface area contributed by atoms with Gasteiger partial charge < -0.3 is 10.6 Å². The van der Waals surface area contributed by atoms with E-state index >= 15 is 0 Å². The van der Waals surface area contributed by atoms with E-state index in [0.717, 1.165) is 34.6 Å². The molecule has 0 spiro atoms. The molecule has 2 N–H and O–H groups in total. The second kappa shape index (κ2) is 9.17. The van der Waals surface area contributed by atoms with Gasteiger partial charge >= 0.3 is 0 Å². The van der Waals surface area contributed by atoms with Gasteiger partial charge in [0.2, 0.25) is 11.8 Å². The smallest absolute Gasteiger partial charge is 0.224 e. The van der Waals surface area contributed by atoms with Crippen molar-refractivity contribution in [1.29, 1.82) is 0 Å². The summed E-state index contributed by atoms with van der Waals surface area (Å²) < 4.78 is 1.85. The Balaban J connectivity index is 1.79. The Morgan fingerprint density at radius 3 is 2.35 bits per heavy atom. The van der Waals surface area contributed by atoms with Gasteiger partial charge in [0.15, 0.2) is 0 Å². The van der Waals surface area contributed by atoms with E-state index in [-0.39, 0.29) is 11.8 Å². The van der Waals surface area contributed by atoms with Crippen molar-refractivity contribution >= 4 is 17.5 Å². The molecule has 0 aliphatic carbocycles. The van der Waals surface area contributed by atoms with E-state index in [1.54, 1.807) is 0 Å². The van der Waals surface area contributed by atoms with Crippen molar-refractivity contribution in [3.63, 3.8) is 0 Å². The molecule has 1 aromatic carbocycles. The molecule has 0 unspecified atom stereocenters. The number of aromatic nitrogens is 2. The number of benzene rings is 1. The summed E-state index contributed by atoms with van der Waals surface area (Å²) in [4.78, 5) is 23.7. The molecule has 1 heterocycles. The van der Waals surface area contributed by atoms with Crippen molar-refractivity contribution < 1.29 is 9.59 Å². The summed E-state index contributed by atoms with van der Waals surface area (Å²) in [5.74, 6) is 0.0440. The van der Waals surface area contributed by atoms with Crippen LogP contribution in [0.25, 0.3) is 0 Å². The summed E-state index contributed by atoms with van der Waals surface area (Å²) >= 11 is 0. The zero-order valence-corrected chi connectivity index (χ0v) is 16.1.